The van der Waals surface area contributed by atoms with Crippen LogP contribution in [0.15, 0.2) is 54.7 Å². The van der Waals surface area contributed by atoms with Gasteiger partial charge in [0.1, 0.15) is 11.8 Å². The van der Waals surface area contributed by atoms with Gasteiger partial charge >= 0.3 is 6.03 Å². The van der Waals surface area contributed by atoms with E-state index in [2.05, 4.69) is 47.4 Å². The highest BCUT2D eigenvalue weighted by molar-refractivity contribution is 6.31. The molecule has 15 heteroatoms. The number of halogens is 1. The first-order valence-corrected chi connectivity index (χ1v) is 19.7. The van der Waals surface area contributed by atoms with Crippen LogP contribution in [0.4, 0.5) is 16.3 Å². The largest absolute Gasteiger partial charge is 0.490 e. The van der Waals surface area contributed by atoms with Crippen molar-refractivity contribution in [2.75, 3.05) is 49.1 Å². The maximum absolute atomic E-state index is 13.1. The van der Waals surface area contributed by atoms with Gasteiger partial charge in [0.15, 0.2) is 11.5 Å². The van der Waals surface area contributed by atoms with Crippen molar-refractivity contribution < 1.29 is 19.1 Å². The lowest BCUT2D eigenvalue weighted by atomic mass is 9.92. The molecule has 14 nitrogen and oxygen atoms in total. The minimum absolute atomic E-state index is 0.0293. The Morgan fingerprint density at radius 3 is 2.56 bits per heavy atom. The summed E-state index contributed by atoms with van der Waals surface area (Å²) in [5, 5.41) is 29.5. The number of ether oxygens (including phenoxy) is 1. The van der Waals surface area contributed by atoms with E-state index in [9.17, 15) is 14.4 Å². The van der Waals surface area contributed by atoms with Crippen molar-refractivity contribution in [3.63, 3.8) is 0 Å². The Balaban J connectivity index is 0.791. The molecule has 0 radical (unpaired) electrons. The smallest absolute Gasteiger partial charge is 0.328 e. The van der Waals surface area contributed by atoms with Crippen LogP contribution in [0.3, 0.4) is 0 Å². The zero-order valence-electron chi connectivity index (χ0n) is 30.7. The molecule has 1 atom stereocenters. The number of nitrogens with zero attached hydrogens (tertiary/aromatic N) is 8. The Hall–Kier alpha value is -5.26. The van der Waals surface area contributed by atoms with E-state index < -0.39 is 0 Å². The van der Waals surface area contributed by atoms with Crippen molar-refractivity contribution in [1.82, 2.24) is 35.5 Å². The fourth-order valence-corrected chi connectivity index (χ4v) is 8.77. The normalized spacial score (nSPS) is 22.7. The number of piperidine rings is 2. The van der Waals surface area contributed by atoms with Crippen LogP contribution in [0.2, 0.25) is 5.02 Å². The summed E-state index contributed by atoms with van der Waals surface area (Å²) in [6.07, 6.45) is 9.60. The molecule has 2 N–H and O–H groups in total. The number of likely N-dealkylation sites (tertiary alicyclic amines) is 1. The number of amides is 4. The first-order chi connectivity index (χ1) is 26.8. The van der Waals surface area contributed by atoms with Gasteiger partial charge in [-0.3, -0.25) is 24.5 Å². The summed E-state index contributed by atoms with van der Waals surface area (Å²) in [5.74, 6) is 1.51. The molecule has 1 aliphatic carbocycles. The van der Waals surface area contributed by atoms with Gasteiger partial charge in [0.2, 0.25) is 5.91 Å². The molecule has 3 saturated heterocycles. The molecular weight excluding hydrogens is 720 g/mol. The molecular formula is C40H45ClN10O4. The number of benzene rings is 2. The molecule has 286 valence electrons. The lowest BCUT2D eigenvalue weighted by molar-refractivity contribution is -0.120. The molecule has 2 aromatic carbocycles. The van der Waals surface area contributed by atoms with E-state index in [1.807, 2.05) is 24.4 Å². The summed E-state index contributed by atoms with van der Waals surface area (Å²) in [4.78, 5) is 43.8. The Labute approximate surface area is 324 Å². The number of aromatic nitrogens is 4. The second kappa shape index (κ2) is 16.2. The summed E-state index contributed by atoms with van der Waals surface area (Å²) in [6.45, 7) is 5.19. The molecule has 8 rings (SSSR count). The number of nitriles is 1. The van der Waals surface area contributed by atoms with Crippen LogP contribution in [0.25, 0.3) is 10.9 Å². The van der Waals surface area contributed by atoms with Gasteiger partial charge in [-0.25, -0.2) is 4.79 Å². The maximum Gasteiger partial charge on any atom is 0.328 e. The van der Waals surface area contributed by atoms with E-state index in [-0.39, 0.29) is 42.5 Å². The number of hydrogen-bond donors (Lipinski definition) is 2. The standard InChI is InChI=1S/C40H45ClN10O4/c41-33-21-31(9-6-27(33)22-42)55-30-10-7-28(8-11-30)44-39(53)34-12-13-37(47-46-34)49-17-2-3-26(25-49)24-48-18-14-29(15-19-48)51-36-5-1-4-35(32(36)23-43-51)50-20-16-38(52)45-40(50)54/h1,4-6,9,12-13,21,23,26,28-30H,2-3,7-8,10-11,14-20,24-25H2,(H,44,53)(H,45,52,54)/t26-,28?,30?/m1/s1. The lowest BCUT2D eigenvalue weighted by Gasteiger charge is -2.38. The van der Waals surface area contributed by atoms with E-state index in [0.717, 1.165) is 100 Å². The number of hydrogen-bond acceptors (Lipinski definition) is 10. The Bertz CT molecular complexity index is 2090. The van der Waals surface area contributed by atoms with Crippen LogP contribution in [0, 0.1) is 17.2 Å². The molecule has 4 fully saturated rings. The van der Waals surface area contributed by atoms with Gasteiger partial charge < -0.3 is 19.9 Å². The Kier molecular flexibility index (Phi) is 10.8. The van der Waals surface area contributed by atoms with Crippen LogP contribution in [0.5, 0.6) is 5.75 Å². The Morgan fingerprint density at radius 1 is 0.982 bits per heavy atom. The molecule has 55 heavy (non-hydrogen) atoms. The van der Waals surface area contributed by atoms with Gasteiger partial charge in [-0.15, -0.1) is 10.2 Å². The number of imide groups is 1. The van der Waals surface area contributed by atoms with Crippen molar-refractivity contribution in [2.45, 2.75) is 76.0 Å². The van der Waals surface area contributed by atoms with Crippen molar-refractivity contribution in [1.29, 1.82) is 5.26 Å². The first kappa shape index (κ1) is 36.7. The Morgan fingerprint density at radius 2 is 1.82 bits per heavy atom. The van der Waals surface area contributed by atoms with Gasteiger partial charge in [0.25, 0.3) is 5.91 Å². The second-order valence-corrected chi connectivity index (χ2v) is 15.5. The number of fused-ring (bicyclic) bond motifs is 1. The number of nitrogens with one attached hydrogen (secondary N) is 2. The van der Waals surface area contributed by atoms with Gasteiger partial charge in [-0.05, 0) is 93.7 Å². The fraction of sp³-hybridized carbons (Fsp3) is 0.475. The van der Waals surface area contributed by atoms with E-state index in [0.29, 0.717) is 34.5 Å². The van der Waals surface area contributed by atoms with Crippen LogP contribution in [0.1, 0.15) is 79.9 Å². The monoisotopic (exact) mass is 764 g/mol. The molecule has 2 aromatic heterocycles. The van der Waals surface area contributed by atoms with Crippen molar-refractivity contribution in [3.8, 4) is 11.8 Å². The highest BCUT2D eigenvalue weighted by Gasteiger charge is 2.30. The molecule has 0 spiro atoms. The molecule has 0 unspecified atom stereocenters. The number of carbonyl (C=O) groups is 3. The zero-order chi connectivity index (χ0) is 37.9. The maximum atomic E-state index is 13.1. The number of rotatable bonds is 9. The minimum Gasteiger partial charge on any atom is -0.490 e. The third kappa shape index (κ3) is 8.23. The molecule has 5 heterocycles. The summed E-state index contributed by atoms with van der Waals surface area (Å²) < 4.78 is 8.21. The van der Waals surface area contributed by atoms with E-state index >= 15 is 0 Å². The fourth-order valence-electron chi connectivity index (χ4n) is 8.56. The van der Waals surface area contributed by atoms with Crippen LogP contribution < -0.4 is 25.2 Å². The predicted molar refractivity (Wildman–Crippen MR) is 207 cm³/mol. The van der Waals surface area contributed by atoms with Gasteiger partial charge in [0, 0.05) is 63.2 Å². The summed E-state index contributed by atoms with van der Waals surface area (Å²) in [6, 6.07) is 16.7. The number of anilines is 2. The molecule has 0 bridgehead atoms. The third-order valence-corrected chi connectivity index (χ3v) is 11.8. The van der Waals surface area contributed by atoms with E-state index in [1.165, 1.54) is 6.42 Å². The highest BCUT2D eigenvalue weighted by atomic mass is 35.5. The van der Waals surface area contributed by atoms with Gasteiger partial charge in [-0.2, -0.15) is 10.4 Å². The lowest BCUT2D eigenvalue weighted by Crippen LogP contribution is -2.49. The van der Waals surface area contributed by atoms with Crippen LogP contribution in [-0.2, 0) is 4.79 Å². The molecule has 4 aromatic rings. The van der Waals surface area contributed by atoms with E-state index in [1.54, 1.807) is 29.2 Å². The SMILES string of the molecule is N#Cc1ccc(OC2CCC(NC(=O)c3ccc(N4CCC[C@H](CN5CCC(n6ncc7c(N8CCC(=O)NC8=O)cccc76)CC5)C4)nn3)CC2)cc1Cl. The molecule has 4 aliphatic rings. The van der Waals surface area contributed by atoms with Crippen LogP contribution >= 0.6 is 11.6 Å². The highest BCUT2D eigenvalue weighted by Crippen LogP contribution is 2.33. The summed E-state index contributed by atoms with van der Waals surface area (Å²) in [7, 11) is 0. The summed E-state index contributed by atoms with van der Waals surface area (Å²) in [5.41, 5.74) is 2.53. The average molecular weight is 765 g/mol. The summed E-state index contributed by atoms with van der Waals surface area (Å²) >= 11 is 6.16. The predicted octanol–water partition coefficient (Wildman–Crippen LogP) is 5.47. The minimum atomic E-state index is -0.385. The zero-order valence-corrected chi connectivity index (χ0v) is 31.5. The van der Waals surface area contributed by atoms with Gasteiger partial charge in [-0.1, -0.05) is 17.7 Å². The third-order valence-electron chi connectivity index (χ3n) is 11.5. The van der Waals surface area contributed by atoms with Crippen LogP contribution in [-0.4, -0.2) is 94.1 Å². The second-order valence-electron chi connectivity index (χ2n) is 15.1. The molecule has 3 aliphatic heterocycles. The van der Waals surface area contributed by atoms with Crippen molar-refractivity contribution in [3.05, 3.63) is 71.0 Å². The molecule has 1 saturated carbocycles. The number of carbonyl (C=O) groups excluding carboxylic acids is 3. The first-order valence-electron chi connectivity index (χ1n) is 19.4. The quantitative estimate of drug-likeness (QED) is 0.224. The van der Waals surface area contributed by atoms with Crippen molar-refractivity contribution in [2.24, 2.45) is 5.92 Å². The topological polar surface area (TPSA) is 162 Å². The number of urea groups is 1. The van der Waals surface area contributed by atoms with Gasteiger partial charge in [0.05, 0.1) is 40.1 Å². The average Bonchev–Trinajstić information content (AvgIpc) is 3.64. The van der Waals surface area contributed by atoms with E-state index in [4.69, 9.17) is 26.7 Å². The van der Waals surface area contributed by atoms with Crippen molar-refractivity contribution >= 4 is 51.9 Å². The molecule has 4 amide bonds.